The number of benzene rings is 1. The van der Waals surface area contributed by atoms with Gasteiger partial charge in [-0.15, -0.1) is 5.10 Å². The van der Waals surface area contributed by atoms with E-state index in [0.717, 1.165) is 18.5 Å². The van der Waals surface area contributed by atoms with Crippen molar-refractivity contribution in [1.82, 2.24) is 15.0 Å². The molecule has 2 N–H and O–H groups in total. The van der Waals surface area contributed by atoms with Crippen LogP contribution in [0, 0.1) is 10.1 Å². The molecule has 0 atom stereocenters. The van der Waals surface area contributed by atoms with Crippen LogP contribution in [0.1, 0.15) is 17.7 Å². The smallest absolute Gasteiger partial charge is 0.272 e. The molecule has 1 aromatic carbocycles. The standard InChI is InChI=1S/C13H17N5O2/c14-8-3-5-12-10-17(16-15-12)9-7-11-4-1-2-6-13(11)18(19)20/h1-2,4,6,10H,3,5,7-9,14H2. The van der Waals surface area contributed by atoms with Crippen LogP contribution < -0.4 is 5.73 Å². The van der Waals surface area contributed by atoms with Crippen molar-refractivity contribution in [3.05, 3.63) is 51.8 Å². The molecule has 2 aromatic rings. The number of para-hydroxylation sites is 1. The lowest BCUT2D eigenvalue weighted by molar-refractivity contribution is -0.385. The third-order valence-electron chi connectivity index (χ3n) is 3.02. The Kier molecular flexibility index (Phi) is 4.78. The highest BCUT2D eigenvalue weighted by molar-refractivity contribution is 5.39. The van der Waals surface area contributed by atoms with E-state index in [9.17, 15) is 10.1 Å². The summed E-state index contributed by atoms with van der Waals surface area (Å²) in [6.45, 7) is 1.20. The summed E-state index contributed by atoms with van der Waals surface area (Å²) >= 11 is 0. The molecule has 0 saturated carbocycles. The molecule has 0 saturated heterocycles. The summed E-state index contributed by atoms with van der Waals surface area (Å²) in [4.78, 5) is 10.6. The van der Waals surface area contributed by atoms with Gasteiger partial charge in [-0.1, -0.05) is 23.4 Å². The summed E-state index contributed by atoms with van der Waals surface area (Å²) in [5.74, 6) is 0. The van der Waals surface area contributed by atoms with Crippen molar-refractivity contribution >= 4 is 5.69 Å². The number of hydrogen-bond donors (Lipinski definition) is 1. The fraction of sp³-hybridized carbons (Fsp3) is 0.385. The Hall–Kier alpha value is -2.28. The molecule has 0 radical (unpaired) electrons. The van der Waals surface area contributed by atoms with Gasteiger partial charge in [-0.3, -0.25) is 14.8 Å². The normalized spacial score (nSPS) is 10.7. The Labute approximate surface area is 116 Å². The maximum absolute atomic E-state index is 10.9. The average Bonchev–Trinajstić information content (AvgIpc) is 2.91. The first-order valence-electron chi connectivity index (χ1n) is 6.52. The van der Waals surface area contributed by atoms with E-state index in [4.69, 9.17) is 5.73 Å². The Bertz CT molecular complexity index is 582. The predicted molar refractivity (Wildman–Crippen MR) is 74.2 cm³/mol. The fourth-order valence-corrected chi connectivity index (χ4v) is 1.98. The molecule has 0 aliphatic carbocycles. The third-order valence-corrected chi connectivity index (χ3v) is 3.02. The monoisotopic (exact) mass is 275 g/mol. The number of nitro groups is 1. The molecule has 0 unspecified atom stereocenters. The molecule has 7 nitrogen and oxygen atoms in total. The van der Waals surface area contributed by atoms with Gasteiger partial charge in [0.05, 0.1) is 10.6 Å². The molecule has 0 bridgehead atoms. The molecule has 0 aliphatic rings. The first-order chi connectivity index (χ1) is 9.70. The Balaban J connectivity index is 1.98. The van der Waals surface area contributed by atoms with Crippen molar-refractivity contribution in [3.8, 4) is 0 Å². The van der Waals surface area contributed by atoms with Gasteiger partial charge in [0.2, 0.25) is 0 Å². The van der Waals surface area contributed by atoms with Crippen LogP contribution in [0.3, 0.4) is 0 Å². The lowest BCUT2D eigenvalue weighted by Crippen LogP contribution is -2.04. The molecule has 106 valence electrons. The molecule has 20 heavy (non-hydrogen) atoms. The van der Waals surface area contributed by atoms with Gasteiger partial charge in [0.25, 0.3) is 5.69 Å². The molecule has 1 aromatic heterocycles. The van der Waals surface area contributed by atoms with Crippen LogP contribution >= 0.6 is 0 Å². The number of hydrogen-bond acceptors (Lipinski definition) is 5. The number of aryl methyl sites for hydroxylation is 3. The van der Waals surface area contributed by atoms with Gasteiger partial charge in [0.15, 0.2) is 0 Å². The van der Waals surface area contributed by atoms with Gasteiger partial charge < -0.3 is 5.73 Å². The highest BCUT2D eigenvalue weighted by Crippen LogP contribution is 2.18. The summed E-state index contributed by atoms with van der Waals surface area (Å²) in [5.41, 5.74) is 7.20. The second kappa shape index (κ2) is 6.76. The van der Waals surface area contributed by atoms with Gasteiger partial charge in [-0.05, 0) is 25.8 Å². The van der Waals surface area contributed by atoms with Crippen LogP contribution in [0.15, 0.2) is 30.5 Å². The molecular formula is C13H17N5O2. The second-order valence-electron chi connectivity index (χ2n) is 4.50. The minimum Gasteiger partial charge on any atom is -0.330 e. The molecule has 1 heterocycles. The number of aromatic nitrogens is 3. The number of nitro benzene ring substituents is 1. The van der Waals surface area contributed by atoms with Crippen LogP contribution in [0.5, 0.6) is 0 Å². The van der Waals surface area contributed by atoms with Crippen LogP contribution in [0.4, 0.5) is 5.69 Å². The van der Waals surface area contributed by atoms with Crippen LogP contribution in [0.25, 0.3) is 0 Å². The summed E-state index contributed by atoms with van der Waals surface area (Å²) in [7, 11) is 0. The number of rotatable bonds is 7. The summed E-state index contributed by atoms with van der Waals surface area (Å²) in [6, 6.07) is 6.76. The van der Waals surface area contributed by atoms with E-state index in [1.165, 1.54) is 6.07 Å². The zero-order valence-corrected chi connectivity index (χ0v) is 11.1. The molecular weight excluding hydrogens is 258 g/mol. The minimum absolute atomic E-state index is 0.149. The van der Waals surface area contributed by atoms with E-state index in [2.05, 4.69) is 10.3 Å². The van der Waals surface area contributed by atoms with Gasteiger partial charge in [-0.2, -0.15) is 0 Å². The quantitative estimate of drug-likeness (QED) is 0.606. The van der Waals surface area contributed by atoms with E-state index in [1.807, 2.05) is 6.20 Å². The maximum atomic E-state index is 10.9. The SMILES string of the molecule is NCCCc1cn(CCc2ccccc2[N+](=O)[O-])nn1. The molecule has 2 rings (SSSR count). The largest absolute Gasteiger partial charge is 0.330 e. The molecule has 0 amide bonds. The lowest BCUT2D eigenvalue weighted by Gasteiger charge is -2.02. The zero-order valence-electron chi connectivity index (χ0n) is 11.1. The number of nitrogens with zero attached hydrogens (tertiary/aromatic N) is 4. The van der Waals surface area contributed by atoms with E-state index in [-0.39, 0.29) is 10.6 Å². The topological polar surface area (TPSA) is 99.9 Å². The summed E-state index contributed by atoms with van der Waals surface area (Å²) in [6.07, 6.45) is 4.10. The van der Waals surface area contributed by atoms with Crippen molar-refractivity contribution in [3.63, 3.8) is 0 Å². The summed E-state index contributed by atoms with van der Waals surface area (Å²) < 4.78 is 1.71. The molecule has 0 spiro atoms. The van der Waals surface area contributed by atoms with Gasteiger partial charge in [0.1, 0.15) is 0 Å². The van der Waals surface area contributed by atoms with Crippen molar-refractivity contribution in [2.45, 2.75) is 25.8 Å². The van der Waals surface area contributed by atoms with E-state index < -0.39 is 0 Å². The second-order valence-corrected chi connectivity index (χ2v) is 4.50. The van der Waals surface area contributed by atoms with Crippen LogP contribution in [-0.2, 0) is 19.4 Å². The van der Waals surface area contributed by atoms with Gasteiger partial charge >= 0.3 is 0 Å². The molecule has 7 heteroatoms. The Morgan fingerprint density at radius 3 is 2.85 bits per heavy atom. The highest BCUT2D eigenvalue weighted by atomic mass is 16.6. The van der Waals surface area contributed by atoms with Gasteiger partial charge in [-0.25, -0.2) is 0 Å². The predicted octanol–water partition coefficient (Wildman–Crippen LogP) is 1.32. The van der Waals surface area contributed by atoms with E-state index >= 15 is 0 Å². The van der Waals surface area contributed by atoms with Crippen molar-refractivity contribution < 1.29 is 4.92 Å². The van der Waals surface area contributed by atoms with E-state index in [0.29, 0.717) is 25.1 Å². The van der Waals surface area contributed by atoms with E-state index in [1.54, 1.807) is 22.9 Å². The lowest BCUT2D eigenvalue weighted by atomic mass is 10.1. The van der Waals surface area contributed by atoms with Crippen molar-refractivity contribution in [1.29, 1.82) is 0 Å². The first-order valence-corrected chi connectivity index (χ1v) is 6.52. The zero-order chi connectivity index (χ0) is 14.4. The summed E-state index contributed by atoms with van der Waals surface area (Å²) in [5, 5.41) is 19.0. The third kappa shape index (κ3) is 3.61. The van der Waals surface area contributed by atoms with Crippen LogP contribution in [-0.4, -0.2) is 26.5 Å². The maximum Gasteiger partial charge on any atom is 0.272 e. The van der Waals surface area contributed by atoms with Crippen LogP contribution in [0.2, 0.25) is 0 Å². The Morgan fingerprint density at radius 1 is 1.30 bits per heavy atom. The Morgan fingerprint density at radius 2 is 2.10 bits per heavy atom. The van der Waals surface area contributed by atoms with Crippen molar-refractivity contribution in [2.24, 2.45) is 5.73 Å². The molecule has 0 aliphatic heterocycles. The van der Waals surface area contributed by atoms with Gasteiger partial charge in [0, 0.05) is 24.4 Å². The molecule has 0 fully saturated rings. The minimum atomic E-state index is -0.358. The average molecular weight is 275 g/mol. The van der Waals surface area contributed by atoms with Crippen molar-refractivity contribution in [2.75, 3.05) is 6.54 Å². The fourth-order valence-electron chi connectivity index (χ4n) is 1.98. The first kappa shape index (κ1) is 14.1. The number of nitrogens with two attached hydrogens (primary N) is 1. The highest BCUT2D eigenvalue weighted by Gasteiger charge is 2.12.